The predicted octanol–water partition coefficient (Wildman–Crippen LogP) is 10.9. The highest BCUT2D eigenvalue weighted by molar-refractivity contribution is 5.76. The number of piperidine rings is 4. The van der Waals surface area contributed by atoms with Crippen LogP contribution in [0, 0.1) is 23.7 Å². The molecule has 8 heteroatoms. The maximum Gasteiger partial charge on any atom is 0.178 e. The van der Waals surface area contributed by atoms with Crippen LogP contribution in [0.2, 0.25) is 0 Å². The minimum atomic E-state index is -1.54. The molecule has 17 aliphatic rings. The summed E-state index contributed by atoms with van der Waals surface area (Å²) in [6, 6.07) is 47.6. The first-order valence-corrected chi connectivity index (χ1v) is 26.5. The van der Waals surface area contributed by atoms with E-state index < -0.39 is 12.6 Å². The van der Waals surface area contributed by atoms with Crippen molar-refractivity contribution in [2.24, 2.45) is 23.7 Å². The van der Waals surface area contributed by atoms with Crippen molar-refractivity contribution < 1.29 is 20.4 Å². The molecule has 20 bridgehead atoms. The van der Waals surface area contributed by atoms with Gasteiger partial charge >= 0.3 is 0 Å². The van der Waals surface area contributed by atoms with Crippen molar-refractivity contribution in [1.29, 1.82) is 0 Å². The van der Waals surface area contributed by atoms with Crippen LogP contribution in [0.5, 0.6) is 0 Å². The van der Waals surface area contributed by atoms with Gasteiger partial charge in [0.25, 0.3) is 0 Å². The Labute approximate surface area is 415 Å². The zero-order valence-corrected chi connectivity index (χ0v) is 40.9. The summed E-state index contributed by atoms with van der Waals surface area (Å²) in [6.45, 7) is 13.0. The second-order valence-electron chi connectivity index (χ2n) is 21.7. The van der Waals surface area contributed by atoms with Gasteiger partial charge in [-0.3, -0.25) is 19.6 Å². The summed E-state index contributed by atoms with van der Waals surface area (Å²) >= 11 is 0. The van der Waals surface area contributed by atoms with Crippen LogP contribution < -0.4 is 0 Å². The van der Waals surface area contributed by atoms with Gasteiger partial charge in [0.05, 0.1) is 0 Å². The van der Waals surface area contributed by atoms with Gasteiger partial charge < -0.3 is 20.4 Å². The lowest BCUT2D eigenvalue weighted by molar-refractivity contribution is -0.0430. The number of aliphatic hydroxyl groups excluding tert-OH is 2. The van der Waals surface area contributed by atoms with Crippen molar-refractivity contribution in [2.45, 2.75) is 90.1 Å². The molecular formula is C62H72N4O4. The molecule has 0 spiro atoms. The van der Waals surface area contributed by atoms with Crippen LogP contribution in [-0.4, -0.2) is 92.4 Å². The van der Waals surface area contributed by atoms with Gasteiger partial charge in [-0.1, -0.05) is 97.1 Å². The summed E-state index contributed by atoms with van der Waals surface area (Å²) in [6.07, 6.45) is 7.06. The minimum absolute atomic E-state index is 0.511. The largest absolute Gasteiger partial charge is 0.364 e. The highest BCUT2D eigenvalue weighted by Crippen LogP contribution is 2.37. The van der Waals surface area contributed by atoms with E-state index in [1.54, 1.807) is 0 Å². The molecule has 70 heavy (non-hydrogen) atoms. The normalized spacial score (nSPS) is 26.3. The average Bonchev–Trinajstić information content (AvgIpc) is 3.40. The Morgan fingerprint density at radius 3 is 0.657 bits per heavy atom. The first-order chi connectivity index (χ1) is 34.2. The van der Waals surface area contributed by atoms with E-state index in [9.17, 15) is 20.4 Å². The Balaban J connectivity index is 0.794. The monoisotopic (exact) mass is 937 g/mol. The molecule has 8 nitrogen and oxygen atoms in total. The van der Waals surface area contributed by atoms with Crippen LogP contribution in [0.25, 0.3) is 44.5 Å². The van der Waals surface area contributed by atoms with Crippen molar-refractivity contribution in [3.05, 3.63) is 167 Å². The third kappa shape index (κ3) is 11.2. The van der Waals surface area contributed by atoms with Gasteiger partial charge in [0.15, 0.2) is 12.6 Å². The maximum absolute atomic E-state index is 10.3. The summed E-state index contributed by atoms with van der Waals surface area (Å²) in [5, 5.41) is 41.4. The molecule has 0 radical (unpaired) electrons. The van der Waals surface area contributed by atoms with E-state index in [1.165, 1.54) is 73.6 Å². The molecule has 23 rings (SSSR count). The number of hydrogen-bond acceptors (Lipinski definition) is 8. The second kappa shape index (κ2) is 21.4. The molecular weight excluding hydrogens is 865 g/mol. The van der Waals surface area contributed by atoms with Crippen LogP contribution in [0.3, 0.4) is 0 Å². The lowest BCUT2D eigenvalue weighted by Crippen LogP contribution is -2.40. The van der Waals surface area contributed by atoms with Crippen molar-refractivity contribution in [2.75, 3.05) is 52.4 Å². The molecule has 0 saturated carbocycles. The predicted molar refractivity (Wildman–Crippen MR) is 281 cm³/mol. The van der Waals surface area contributed by atoms with Gasteiger partial charge in [-0.15, -0.1) is 0 Å². The van der Waals surface area contributed by atoms with Crippen LogP contribution in [0.15, 0.2) is 133 Å². The van der Waals surface area contributed by atoms with Gasteiger partial charge in [0, 0.05) is 37.3 Å². The summed E-state index contributed by atoms with van der Waals surface area (Å²) in [5.74, 6) is 3.19. The fourth-order valence-electron chi connectivity index (χ4n) is 12.8. The fraction of sp³-hybridized carbons (Fsp3) is 0.419. The molecule has 4 N–H and O–H groups in total. The van der Waals surface area contributed by atoms with E-state index >= 15 is 0 Å². The average molecular weight is 937 g/mol. The molecule has 17 heterocycles. The van der Waals surface area contributed by atoms with E-state index in [-0.39, 0.29) is 0 Å². The van der Waals surface area contributed by atoms with Gasteiger partial charge in [-0.05, 0) is 231 Å². The molecule has 0 unspecified atom stereocenters. The van der Waals surface area contributed by atoms with Crippen LogP contribution in [-0.2, 0) is 26.2 Å². The van der Waals surface area contributed by atoms with E-state index in [1.807, 2.05) is 24.3 Å². The zero-order valence-electron chi connectivity index (χ0n) is 40.9. The van der Waals surface area contributed by atoms with Crippen LogP contribution in [0.1, 0.15) is 97.3 Å². The lowest BCUT2D eigenvalue weighted by Gasteiger charge is -2.40. The molecule has 4 saturated heterocycles. The van der Waals surface area contributed by atoms with Crippen molar-refractivity contribution in [1.82, 2.24) is 19.6 Å². The van der Waals surface area contributed by atoms with Gasteiger partial charge in [0.1, 0.15) is 0 Å². The van der Waals surface area contributed by atoms with Crippen molar-refractivity contribution >= 4 is 0 Å². The molecule has 364 valence electrons. The van der Waals surface area contributed by atoms with E-state index in [4.69, 9.17) is 0 Å². The van der Waals surface area contributed by atoms with Gasteiger partial charge in [-0.25, -0.2) is 0 Å². The molecule has 0 aromatic heterocycles. The Kier molecular flexibility index (Phi) is 14.5. The summed E-state index contributed by atoms with van der Waals surface area (Å²) in [5.41, 5.74) is 14.6. The lowest BCUT2D eigenvalue weighted by atomic mass is 9.78. The van der Waals surface area contributed by atoms with Crippen molar-refractivity contribution in [3.63, 3.8) is 0 Å². The first-order valence-electron chi connectivity index (χ1n) is 26.5. The summed E-state index contributed by atoms with van der Waals surface area (Å²) in [7, 11) is 0. The highest BCUT2D eigenvalue weighted by Gasteiger charge is 2.31. The van der Waals surface area contributed by atoms with Gasteiger partial charge in [-0.2, -0.15) is 0 Å². The summed E-state index contributed by atoms with van der Waals surface area (Å²) in [4.78, 5) is 10.5. The van der Waals surface area contributed by atoms with Crippen molar-refractivity contribution in [3.8, 4) is 44.5 Å². The molecule has 17 aliphatic heterocycles. The molecule has 6 aromatic carbocycles. The quantitative estimate of drug-likeness (QED) is 0.128. The summed E-state index contributed by atoms with van der Waals surface area (Å²) < 4.78 is 0. The fourth-order valence-corrected chi connectivity index (χ4v) is 12.8. The number of rotatable bonds is 2. The molecule has 0 aliphatic carbocycles. The third-order valence-corrected chi connectivity index (χ3v) is 17.1. The third-order valence-electron chi connectivity index (χ3n) is 17.1. The smallest absolute Gasteiger partial charge is 0.178 e. The SMILES string of the molecule is OC(O)c1cc2cc(c1)-c1ccc(cc1)CN1CCC(CC1)C1CCN(CC1)Cc1ccc(cc1)-c1cc(cc(C(O)O)c1)-c1ccc(cc1)CN1CCC(CC1)C1CCN(CC1)Cc1ccc-2cc1. The van der Waals surface area contributed by atoms with E-state index in [2.05, 4.69) is 129 Å². The van der Waals surface area contributed by atoms with Gasteiger partial charge in [0.2, 0.25) is 0 Å². The standard InChI is InChI=1S/C62H72N4O4/c67-61(68)59-35-55-33-56(36-59)48-11-3-44(4-12-48)40-65-29-21-53(22-30-65)54-23-31-66(32-24-54)42-46-7-15-50(16-8-46)58-34-57(37-60(38-58)62(69)70)49-13-5-45(6-14-49)41-64-27-19-52(20-28-64)51-17-25-63(26-18-51)39-43-1-9-47(55)10-2-43/h1-16,33-38,51-54,61-62,67-70H,17-32,39-42H2. The minimum Gasteiger partial charge on any atom is -0.364 e. The first kappa shape index (κ1) is 47.3. The van der Waals surface area contributed by atoms with E-state index in [0.29, 0.717) is 11.1 Å². The number of nitrogens with zero attached hydrogens (tertiary/aromatic N) is 4. The van der Waals surface area contributed by atoms with E-state index in [0.717, 1.165) is 147 Å². The Hall–Kier alpha value is -5.00. The number of aliphatic hydroxyl groups is 4. The second-order valence-corrected chi connectivity index (χ2v) is 21.7. The van der Waals surface area contributed by atoms with Crippen LogP contribution >= 0.6 is 0 Å². The Bertz CT molecular complexity index is 2290. The highest BCUT2D eigenvalue weighted by atomic mass is 16.5. The zero-order chi connectivity index (χ0) is 47.6. The molecule has 4 fully saturated rings. The number of benzene rings is 6. The molecule has 0 amide bonds. The maximum atomic E-state index is 10.3. The molecule has 6 aromatic rings. The topological polar surface area (TPSA) is 93.9 Å². The Morgan fingerprint density at radius 2 is 0.471 bits per heavy atom. The Morgan fingerprint density at radius 1 is 0.271 bits per heavy atom. The molecule has 0 atom stereocenters. The number of hydrogen-bond donors (Lipinski definition) is 4. The van der Waals surface area contributed by atoms with Crippen LogP contribution in [0.4, 0.5) is 0 Å².